The first-order valence-electron chi connectivity index (χ1n) is 4.89. The molecule has 0 aromatic carbocycles. The quantitative estimate of drug-likeness (QED) is 0.538. The van der Waals surface area contributed by atoms with Gasteiger partial charge in [-0.25, -0.2) is 0 Å². The van der Waals surface area contributed by atoms with Crippen molar-refractivity contribution >= 4 is 0 Å². The van der Waals surface area contributed by atoms with Crippen LogP contribution in [-0.4, -0.2) is 46.5 Å². The fourth-order valence-corrected chi connectivity index (χ4v) is 2.50. The molecule has 0 bridgehead atoms. The fourth-order valence-electron chi connectivity index (χ4n) is 2.50. The summed E-state index contributed by atoms with van der Waals surface area (Å²) in [6.07, 6.45) is 3.27. The number of fused-ring (bicyclic) bond motifs is 1. The maximum absolute atomic E-state index is 9.67. The van der Waals surface area contributed by atoms with Gasteiger partial charge in [-0.05, 0) is 38.8 Å². The van der Waals surface area contributed by atoms with Gasteiger partial charge in [0.15, 0.2) is 0 Å². The first-order valence-corrected chi connectivity index (χ1v) is 4.89. The topological polar surface area (TPSA) is 43.7 Å². The summed E-state index contributed by atoms with van der Waals surface area (Å²) in [6, 6.07) is 0.0347. The van der Waals surface area contributed by atoms with E-state index >= 15 is 0 Å². The van der Waals surface area contributed by atoms with Gasteiger partial charge in [0.1, 0.15) is 0 Å². The third kappa shape index (κ3) is 1.37. The van der Waals surface area contributed by atoms with Gasteiger partial charge in [-0.2, -0.15) is 0 Å². The number of aliphatic hydroxyl groups excluding tert-OH is 2. The van der Waals surface area contributed by atoms with E-state index in [4.69, 9.17) is 0 Å². The third-order valence-electron chi connectivity index (χ3n) is 3.10. The van der Waals surface area contributed by atoms with Crippen molar-refractivity contribution < 1.29 is 10.2 Å². The molecule has 70 valence electrons. The van der Waals surface area contributed by atoms with Crippen LogP contribution in [0.1, 0.15) is 25.7 Å². The second kappa shape index (κ2) is 3.32. The lowest BCUT2D eigenvalue weighted by atomic mass is 9.88. The zero-order chi connectivity index (χ0) is 8.55. The van der Waals surface area contributed by atoms with Gasteiger partial charge in [0.2, 0.25) is 0 Å². The lowest BCUT2D eigenvalue weighted by molar-refractivity contribution is -0.0758. The van der Waals surface area contributed by atoms with Crippen molar-refractivity contribution in [2.45, 2.75) is 43.9 Å². The highest BCUT2D eigenvalue weighted by Crippen LogP contribution is 2.26. The van der Waals surface area contributed by atoms with E-state index in [1.54, 1.807) is 0 Å². The smallest absolute Gasteiger partial charge is 0.0721 e. The Morgan fingerprint density at radius 2 is 1.42 bits per heavy atom. The van der Waals surface area contributed by atoms with Crippen LogP contribution < -0.4 is 0 Å². The summed E-state index contributed by atoms with van der Waals surface area (Å²) >= 11 is 0. The Balaban J connectivity index is 2.07. The molecule has 2 heterocycles. The van der Waals surface area contributed by atoms with Crippen molar-refractivity contribution in [1.29, 1.82) is 0 Å². The summed E-state index contributed by atoms with van der Waals surface area (Å²) in [7, 11) is 0. The molecule has 0 aromatic rings. The van der Waals surface area contributed by atoms with Gasteiger partial charge in [-0.15, -0.1) is 0 Å². The van der Waals surface area contributed by atoms with E-state index in [-0.39, 0.29) is 18.2 Å². The van der Waals surface area contributed by atoms with Gasteiger partial charge in [0.25, 0.3) is 0 Å². The molecule has 0 amide bonds. The van der Waals surface area contributed by atoms with Gasteiger partial charge in [-0.1, -0.05) is 0 Å². The number of hydrogen-bond donors (Lipinski definition) is 2. The van der Waals surface area contributed by atoms with Gasteiger partial charge < -0.3 is 10.2 Å². The van der Waals surface area contributed by atoms with Crippen molar-refractivity contribution in [2.75, 3.05) is 13.1 Å². The van der Waals surface area contributed by atoms with E-state index in [1.165, 1.54) is 0 Å². The van der Waals surface area contributed by atoms with Crippen LogP contribution in [0.3, 0.4) is 0 Å². The largest absolute Gasteiger partial charge is 0.391 e. The highest BCUT2D eigenvalue weighted by molar-refractivity contribution is 4.92. The molecule has 3 nitrogen and oxygen atoms in total. The average molecular weight is 171 g/mol. The van der Waals surface area contributed by atoms with E-state index in [0.29, 0.717) is 0 Å². The van der Waals surface area contributed by atoms with E-state index < -0.39 is 0 Å². The minimum absolute atomic E-state index is 0.0347. The second-order valence-electron chi connectivity index (χ2n) is 3.95. The molecule has 2 atom stereocenters. The lowest BCUT2D eigenvalue weighted by Gasteiger charge is -2.44. The molecule has 12 heavy (non-hydrogen) atoms. The van der Waals surface area contributed by atoms with E-state index in [9.17, 15) is 10.2 Å². The Morgan fingerprint density at radius 1 is 0.917 bits per heavy atom. The Kier molecular flexibility index (Phi) is 2.35. The number of hydrogen-bond acceptors (Lipinski definition) is 3. The van der Waals surface area contributed by atoms with E-state index in [2.05, 4.69) is 4.90 Å². The van der Waals surface area contributed by atoms with Crippen LogP contribution in [0.15, 0.2) is 0 Å². The standard InChI is InChI=1S/C9H17NO2/c11-7-3-1-5-10-6-2-4-8(12)9(7)10/h7-9,11-12H,1-6H2. The minimum Gasteiger partial charge on any atom is -0.391 e. The van der Waals surface area contributed by atoms with Crippen LogP contribution in [-0.2, 0) is 0 Å². The number of aliphatic hydroxyl groups is 2. The van der Waals surface area contributed by atoms with E-state index in [1.807, 2.05) is 0 Å². The normalized spacial score (nSPS) is 44.0. The molecule has 3 heteroatoms. The maximum atomic E-state index is 9.67. The molecule has 2 rings (SSSR count). The maximum Gasteiger partial charge on any atom is 0.0721 e. The monoisotopic (exact) mass is 171 g/mol. The zero-order valence-electron chi connectivity index (χ0n) is 7.32. The number of piperidine rings is 2. The van der Waals surface area contributed by atoms with Crippen molar-refractivity contribution in [2.24, 2.45) is 0 Å². The third-order valence-corrected chi connectivity index (χ3v) is 3.10. The SMILES string of the molecule is OC1CCCN2CCCC(O)C12. The van der Waals surface area contributed by atoms with Crippen molar-refractivity contribution in [1.82, 2.24) is 4.90 Å². The molecular formula is C9H17NO2. The van der Waals surface area contributed by atoms with Gasteiger partial charge >= 0.3 is 0 Å². The van der Waals surface area contributed by atoms with Gasteiger partial charge in [0.05, 0.1) is 18.2 Å². The summed E-state index contributed by atoms with van der Waals surface area (Å²) in [5.74, 6) is 0. The van der Waals surface area contributed by atoms with Crippen LogP contribution in [0.4, 0.5) is 0 Å². The number of rotatable bonds is 0. The Morgan fingerprint density at radius 3 is 1.83 bits per heavy atom. The molecule has 0 radical (unpaired) electrons. The fraction of sp³-hybridized carbons (Fsp3) is 1.00. The molecular weight excluding hydrogens is 154 g/mol. The second-order valence-corrected chi connectivity index (χ2v) is 3.95. The molecule has 0 saturated carbocycles. The number of nitrogens with zero attached hydrogens (tertiary/aromatic N) is 1. The Bertz CT molecular complexity index is 147. The first-order chi connectivity index (χ1) is 5.79. The van der Waals surface area contributed by atoms with Crippen LogP contribution in [0, 0.1) is 0 Å². The summed E-state index contributed by atoms with van der Waals surface area (Å²) in [5, 5.41) is 19.3. The van der Waals surface area contributed by atoms with Crippen molar-refractivity contribution in [3.63, 3.8) is 0 Å². The molecule has 0 aliphatic carbocycles. The van der Waals surface area contributed by atoms with Crippen molar-refractivity contribution in [3.8, 4) is 0 Å². The average Bonchev–Trinajstić information content (AvgIpc) is 2.04. The minimum atomic E-state index is -0.297. The first kappa shape index (κ1) is 8.48. The van der Waals surface area contributed by atoms with Gasteiger partial charge in [0, 0.05) is 0 Å². The summed E-state index contributed by atoms with van der Waals surface area (Å²) in [6.45, 7) is 2.11. The molecule has 2 aliphatic rings. The summed E-state index contributed by atoms with van der Waals surface area (Å²) in [4.78, 5) is 2.24. The van der Waals surface area contributed by atoms with Crippen LogP contribution >= 0.6 is 0 Å². The van der Waals surface area contributed by atoms with Crippen molar-refractivity contribution in [3.05, 3.63) is 0 Å². The Hall–Kier alpha value is -0.120. The van der Waals surface area contributed by atoms with Crippen LogP contribution in [0.25, 0.3) is 0 Å². The van der Waals surface area contributed by atoms with E-state index in [0.717, 1.165) is 38.8 Å². The molecule has 2 fully saturated rings. The molecule has 2 saturated heterocycles. The molecule has 2 aliphatic heterocycles. The summed E-state index contributed by atoms with van der Waals surface area (Å²) in [5.41, 5.74) is 0. The highest BCUT2D eigenvalue weighted by Gasteiger charge is 2.37. The predicted octanol–water partition coefficient (Wildman–Crippen LogP) is -0.0336. The Labute approximate surface area is 73.0 Å². The highest BCUT2D eigenvalue weighted by atomic mass is 16.3. The van der Waals surface area contributed by atoms with Crippen LogP contribution in [0.2, 0.25) is 0 Å². The van der Waals surface area contributed by atoms with Gasteiger partial charge in [-0.3, -0.25) is 4.90 Å². The summed E-state index contributed by atoms with van der Waals surface area (Å²) < 4.78 is 0. The lowest BCUT2D eigenvalue weighted by Crippen LogP contribution is -2.57. The molecule has 0 spiro atoms. The predicted molar refractivity (Wildman–Crippen MR) is 45.8 cm³/mol. The molecule has 0 aromatic heterocycles. The zero-order valence-corrected chi connectivity index (χ0v) is 7.32. The van der Waals surface area contributed by atoms with Crippen LogP contribution in [0.5, 0.6) is 0 Å². The molecule has 2 N–H and O–H groups in total. The molecule has 2 unspecified atom stereocenters.